The van der Waals surface area contributed by atoms with Gasteiger partial charge in [-0.05, 0) is 65.1 Å². The normalized spacial score (nSPS) is 14.3. The number of fused-ring (bicyclic) bond motifs is 1. The van der Waals surface area contributed by atoms with Gasteiger partial charge in [0.1, 0.15) is 11.2 Å². The Labute approximate surface area is 242 Å². The van der Waals surface area contributed by atoms with Crippen molar-refractivity contribution in [3.63, 3.8) is 0 Å². The van der Waals surface area contributed by atoms with Crippen molar-refractivity contribution in [3.05, 3.63) is 119 Å². The molecule has 1 unspecified atom stereocenters. The van der Waals surface area contributed by atoms with Crippen LogP contribution >= 0.6 is 12.6 Å². The van der Waals surface area contributed by atoms with Crippen molar-refractivity contribution in [1.82, 2.24) is 10.2 Å². The van der Waals surface area contributed by atoms with Gasteiger partial charge in [-0.2, -0.15) is 13.2 Å². The molecular formula is C32H30F3N3O2S. The number of anilines is 1. The quantitative estimate of drug-likeness (QED) is 0.156. The van der Waals surface area contributed by atoms with Gasteiger partial charge in [-0.1, -0.05) is 54.6 Å². The molecule has 0 saturated heterocycles. The average Bonchev–Trinajstić information content (AvgIpc) is 2.99. The summed E-state index contributed by atoms with van der Waals surface area (Å²) in [6.45, 7) is 2.27. The van der Waals surface area contributed by atoms with E-state index in [1.54, 1.807) is 18.2 Å². The van der Waals surface area contributed by atoms with Crippen LogP contribution in [-0.4, -0.2) is 30.0 Å². The van der Waals surface area contributed by atoms with Crippen LogP contribution in [0.2, 0.25) is 0 Å². The maximum absolute atomic E-state index is 13.4. The lowest BCUT2D eigenvalue weighted by Gasteiger charge is -2.33. The predicted octanol–water partition coefficient (Wildman–Crippen LogP) is 6.99. The molecule has 41 heavy (non-hydrogen) atoms. The fraction of sp³-hybridized carbons (Fsp3) is 0.219. The lowest BCUT2D eigenvalue weighted by atomic mass is 9.96. The highest BCUT2D eigenvalue weighted by Gasteiger charge is 2.30. The second kappa shape index (κ2) is 12.4. The first kappa shape index (κ1) is 28.7. The second-order valence-corrected chi connectivity index (χ2v) is 10.3. The molecule has 1 aliphatic heterocycles. The number of benzene rings is 4. The predicted molar refractivity (Wildman–Crippen MR) is 158 cm³/mol. The van der Waals surface area contributed by atoms with Crippen molar-refractivity contribution in [3.8, 4) is 16.9 Å². The molecule has 1 atom stereocenters. The molecule has 2 N–H and O–H groups in total. The SMILES string of the molecule is COc1cccc(C(=O)Nc2ccc3c(c2)CCN(C(S)NCc2ccccc2)C3)c1-c1ccc(C(F)(F)F)cc1. The van der Waals surface area contributed by atoms with Gasteiger partial charge in [0.05, 0.1) is 18.2 Å². The van der Waals surface area contributed by atoms with Crippen LogP contribution in [0.25, 0.3) is 11.1 Å². The van der Waals surface area contributed by atoms with Crippen LogP contribution in [0.5, 0.6) is 5.75 Å². The fourth-order valence-corrected chi connectivity index (χ4v) is 5.30. The van der Waals surface area contributed by atoms with E-state index in [1.807, 2.05) is 36.4 Å². The Morgan fingerprint density at radius 2 is 1.73 bits per heavy atom. The lowest BCUT2D eigenvalue weighted by molar-refractivity contribution is -0.137. The number of methoxy groups -OCH3 is 1. The van der Waals surface area contributed by atoms with E-state index in [4.69, 9.17) is 17.4 Å². The molecule has 0 spiro atoms. The Morgan fingerprint density at radius 3 is 2.44 bits per heavy atom. The van der Waals surface area contributed by atoms with Crippen LogP contribution < -0.4 is 15.4 Å². The summed E-state index contributed by atoms with van der Waals surface area (Å²) in [5.74, 6) is 0.0156. The van der Waals surface area contributed by atoms with Crippen molar-refractivity contribution in [2.45, 2.75) is 31.2 Å². The average molecular weight is 578 g/mol. The zero-order valence-electron chi connectivity index (χ0n) is 22.4. The topological polar surface area (TPSA) is 53.6 Å². The van der Waals surface area contributed by atoms with E-state index in [-0.39, 0.29) is 11.4 Å². The number of nitrogens with zero attached hydrogens (tertiary/aromatic N) is 1. The van der Waals surface area contributed by atoms with Gasteiger partial charge in [0.25, 0.3) is 5.91 Å². The van der Waals surface area contributed by atoms with Crippen LogP contribution in [0.15, 0.2) is 91.0 Å². The van der Waals surface area contributed by atoms with Gasteiger partial charge >= 0.3 is 6.18 Å². The molecule has 5 rings (SSSR count). The number of carbonyl (C=O) groups is 1. The maximum Gasteiger partial charge on any atom is 0.416 e. The standard InChI is InChI=1S/C32H30F3N3O2S/c1-40-28-9-5-8-27(29(28)22-10-13-25(14-11-22)32(33,34)35)30(39)37-26-15-12-24-20-38(17-16-23(24)18-26)31(41)36-19-21-6-3-2-4-7-21/h2-15,18,31,36,41H,16-17,19-20H2,1H3,(H,37,39). The Kier molecular flexibility index (Phi) is 8.68. The third kappa shape index (κ3) is 6.75. The van der Waals surface area contributed by atoms with Crippen molar-refractivity contribution >= 4 is 24.2 Å². The maximum atomic E-state index is 13.4. The van der Waals surface area contributed by atoms with Gasteiger partial charge in [0, 0.05) is 30.9 Å². The molecule has 4 aromatic carbocycles. The summed E-state index contributed by atoms with van der Waals surface area (Å²) in [6.07, 6.45) is -3.64. The van der Waals surface area contributed by atoms with Crippen LogP contribution in [0.1, 0.15) is 32.6 Å². The van der Waals surface area contributed by atoms with E-state index in [2.05, 4.69) is 27.7 Å². The van der Waals surface area contributed by atoms with Crippen LogP contribution in [0.4, 0.5) is 18.9 Å². The molecule has 1 amide bonds. The zero-order chi connectivity index (χ0) is 29.0. The van der Waals surface area contributed by atoms with Gasteiger partial charge in [-0.3, -0.25) is 15.0 Å². The van der Waals surface area contributed by atoms with E-state index in [0.717, 1.165) is 43.8 Å². The Hall–Kier alpha value is -3.79. The third-order valence-electron chi connectivity index (χ3n) is 7.18. The summed E-state index contributed by atoms with van der Waals surface area (Å²) >= 11 is 4.77. The smallest absolute Gasteiger partial charge is 0.416 e. The summed E-state index contributed by atoms with van der Waals surface area (Å²) in [4.78, 5) is 15.7. The van der Waals surface area contributed by atoms with Crippen LogP contribution in [-0.2, 0) is 25.7 Å². The van der Waals surface area contributed by atoms with Gasteiger partial charge in [-0.15, -0.1) is 12.6 Å². The highest BCUT2D eigenvalue weighted by atomic mass is 32.1. The van der Waals surface area contributed by atoms with Gasteiger partial charge < -0.3 is 10.1 Å². The fourth-order valence-electron chi connectivity index (χ4n) is 5.01. The summed E-state index contributed by atoms with van der Waals surface area (Å²) in [7, 11) is 1.46. The number of amides is 1. The molecule has 0 saturated carbocycles. The molecule has 5 nitrogen and oxygen atoms in total. The number of ether oxygens (including phenoxy) is 1. The van der Waals surface area contributed by atoms with Crippen LogP contribution in [0.3, 0.4) is 0 Å². The molecule has 9 heteroatoms. The van der Waals surface area contributed by atoms with E-state index >= 15 is 0 Å². The number of carbonyl (C=O) groups excluding carboxylic acids is 1. The summed E-state index contributed by atoms with van der Waals surface area (Å²) < 4.78 is 44.8. The van der Waals surface area contributed by atoms with E-state index < -0.39 is 11.7 Å². The Balaban J connectivity index is 1.29. The molecular weight excluding hydrogens is 547 g/mol. The Bertz CT molecular complexity index is 1510. The molecule has 0 radical (unpaired) electrons. The highest BCUT2D eigenvalue weighted by molar-refractivity contribution is 7.80. The first-order chi connectivity index (χ1) is 19.7. The van der Waals surface area contributed by atoms with Crippen molar-refractivity contribution in [1.29, 1.82) is 0 Å². The number of rotatable bonds is 8. The minimum atomic E-state index is -4.45. The molecule has 0 aliphatic carbocycles. The molecule has 1 heterocycles. The van der Waals surface area contributed by atoms with E-state index in [9.17, 15) is 18.0 Å². The van der Waals surface area contributed by atoms with E-state index in [1.165, 1.54) is 30.4 Å². The first-order valence-corrected chi connectivity index (χ1v) is 13.7. The number of hydrogen-bond acceptors (Lipinski definition) is 5. The van der Waals surface area contributed by atoms with E-state index in [0.29, 0.717) is 28.1 Å². The number of halogens is 3. The summed E-state index contributed by atoms with van der Waals surface area (Å²) in [5.41, 5.74) is 4.49. The second-order valence-electron chi connectivity index (χ2n) is 9.86. The molecule has 4 aromatic rings. The largest absolute Gasteiger partial charge is 0.496 e. The van der Waals surface area contributed by atoms with Gasteiger partial charge in [-0.25, -0.2) is 0 Å². The van der Waals surface area contributed by atoms with Crippen molar-refractivity contribution in [2.75, 3.05) is 19.0 Å². The molecule has 0 fully saturated rings. The van der Waals surface area contributed by atoms with Gasteiger partial charge in [0.15, 0.2) is 0 Å². The number of hydrogen-bond donors (Lipinski definition) is 3. The van der Waals surface area contributed by atoms with Crippen molar-refractivity contribution < 1.29 is 22.7 Å². The summed E-state index contributed by atoms with van der Waals surface area (Å²) in [6, 6.07) is 25.7. The molecule has 0 aromatic heterocycles. The minimum Gasteiger partial charge on any atom is -0.496 e. The first-order valence-electron chi connectivity index (χ1n) is 13.2. The zero-order valence-corrected chi connectivity index (χ0v) is 23.3. The van der Waals surface area contributed by atoms with Crippen LogP contribution in [0, 0.1) is 0 Å². The molecule has 212 valence electrons. The molecule has 1 aliphatic rings. The van der Waals surface area contributed by atoms with Gasteiger partial charge in [0.2, 0.25) is 0 Å². The van der Waals surface area contributed by atoms with Crippen molar-refractivity contribution in [2.24, 2.45) is 0 Å². The highest BCUT2D eigenvalue weighted by Crippen LogP contribution is 2.36. The summed E-state index contributed by atoms with van der Waals surface area (Å²) in [5, 5.41) is 6.42. The third-order valence-corrected chi connectivity index (χ3v) is 7.68. The minimum absolute atomic E-state index is 0.0978. The number of thiol groups is 1. The molecule has 0 bridgehead atoms. The lowest BCUT2D eigenvalue weighted by Crippen LogP contribution is -2.44. The number of nitrogens with one attached hydrogen (secondary N) is 2. The Morgan fingerprint density at radius 1 is 0.976 bits per heavy atom. The number of alkyl halides is 3. The monoisotopic (exact) mass is 577 g/mol.